The molecule has 0 bridgehead atoms. The second-order valence-electron chi connectivity index (χ2n) is 6.29. The van der Waals surface area contributed by atoms with Gasteiger partial charge in [-0.25, -0.2) is 0 Å². The summed E-state index contributed by atoms with van der Waals surface area (Å²) in [5.74, 6) is 0. The first-order chi connectivity index (χ1) is 12.4. The van der Waals surface area contributed by atoms with Gasteiger partial charge in [-0.3, -0.25) is 23.7 Å². The van der Waals surface area contributed by atoms with Crippen LogP contribution < -0.4 is 33.4 Å². The molecule has 0 saturated heterocycles. The smallest absolute Gasteiger partial charge is 0.263 e. The number of benzene rings is 3. The van der Waals surface area contributed by atoms with E-state index >= 15 is 0 Å². The minimum atomic E-state index is -0.585. The lowest BCUT2D eigenvalue weighted by Gasteiger charge is -2.07. The van der Waals surface area contributed by atoms with Crippen molar-refractivity contribution in [3.05, 3.63) is 65.4 Å². The van der Waals surface area contributed by atoms with Crippen LogP contribution in [0.1, 0.15) is 13.3 Å². The predicted octanol–water partition coefficient (Wildman–Crippen LogP) is 0.839. The molecule has 1 aromatic heterocycles. The fourth-order valence-electron chi connectivity index (χ4n) is 3.64. The van der Waals surface area contributed by atoms with Gasteiger partial charge < -0.3 is 11.5 Å². The van der Waals surface area contributed by atoms with Gasteiger partial charge in [0.1, 0.15) is 0 Å². The third-order valence-electron chi connectivity index (χ3n) is 4.81. The molecule has 0 aliphatic heterocycles. The number of nitrogen functional groups attached to an aromatic ring is 2. The molecule has 0 atom stereocenters. The molecule has 7 nitrogen and oxygen atoms in total. The molecule has 7 heteroatoms. The Morgan fingerprint density at radius 3 is 1.58 bits per heavy atom. The standard InChI is InChI=1S/C19H15N3O4/c1-2-7-22-18(25)12-13(19(22)26)15(21)11-10(14(12)20)16(23)8-5-3-4-6-9(8)17(11)24/h3-6H,2,7,20-21H2,1H3. The maximum atomic E-state index is 12.9. The number of hydrogen-bond acceptors (Lipinski definition) is 6. The van der Waals surface area contributed by atoms with E-state index in [1.165, 1.54) is 12.1 Å². The molecule has 0 saturated carbocycles. The molecule has 0 amide bonds. The van der Waals surface area contributed by atoms with Crippen LogP contribution in [0.25, 0.3) is 32.3 Å². The van der Waals surface area contributed by atoms with Gasteiger partial charge in [-0.15, -0.1) is 0 Å². The molecular formula is C19H15N3O4. The monoisotopic (exact) mass is 349 g/mol. The van der Waals surface area contributed by atoms with Crippen LogP contribution in [0, 0.1) is 0 Å². The van der Waals surface area contributed by atoms with Crippen molar-refractivity contribution >= 4 is 43.7 Å². The average Bonchev–Trinajstić information content (AvgIpc) is 2.88. The average molecular weight is 349 g/mol. The molecule has 3 aromatic carbocycles. The lowest BCUT2D eigenvalue weighted by molar-refractivity contribution is 0.650. The van der Waals surface area contributed by atoms with E-state index in [-0.39, 0.29) is 50.2 Å². The molecule has 4 aromatic rings. The zero-order valence-electron chi connectivity index (χ0n) is 14.0. The van der Waals surface area contributed by atoms with Crippen LogP contribution in [0.5, 0.6) is 0 Å². The molecule has 0 radical (unpaired) electrons. The van der Waals surface area contributed by atoms with E-state index in [1.807, 2.05) is 6.92 Å². The van der Waals surface area contributed by atoms with Crippen LogP contribution in [0.15, 0.2) is 43.4 Å². The zero-order chi connectivity index (χ0) is 18.7. The minimum absolute atomic E-state index is 0.0831. The second-order valence-corrected chi connectivity index (χ2v) is 6.29. The van der Waals surface area contributed by atoms with Gasteiger partial charge in [0.15, 0.2) is 10.9 Å². The summed E-state index contributed by atoms with van der Waals surface area (Å²) < 4.78 is 1.05. The number of hydrogen-bond donors (Lipinski definition) is 2. The van der Waals surface area contributed by atoms with Crippen molar-refractivity contribution in [3.63, 3.8) is 0 Å². The maximum absolute atomic E-state index is 12.9. The summed E-state index contributed by atoms with van der Waals surface area (Å²) in [6.07, 6.45) is 0.564. The Labute approximate surface area is 145 Å². The van der Waals surface area contributed by atoms with Crippen LogP contribution in [-0.2, 0) is 6.54 Å². The number of aromatic nitrogens is 1. The first kappa shape index (κ1) is 16.0. The Kier molecular flexibility index (Phi) is 3.24. The molecule has 1 heterocycles. The number of fused-ring (bicyclic) bond motifs is 3. The summed E-state index contributed by atoms with van der Waals surface area (Å²) in [6, 6.07) is 6.33. The summed E-state index contributed by atoms with van der Waals surface area (Å²) in [4.78, 5) is 51.2. The van der Waals surface area contributed by atoms with E-state index in [0.29, 0.717) is 6.42 Å². The van der Waals surface area contributed by atoms with Crippen molar-refractivity contribution < 1.29 is 0 Å². The zero-order valence-corrected chi connectivity index (χ0v) is 14.0. The second kappa shape index (κ2) is 5.26. The van der Waals surface area contributed by atoms with Gasteiger partial charge in [-0.2, -0.15) is 0 Å². The summed E-state index contributed by atoms with van der Waals surface area (Å²) >= 11 is 0. The Bertz CT molecular complexity index is 1330. The summed E-state index contributed by atoms with van der Waals surface area (Å²) in [6.45, 7) is 2.03. The predicted molar refractivity (Wildman–Crippen MR) is 104 cm³/mol. The molecule has 4 N–H and O–H groups in total. The highest BCUT2D eigenvalue weighted by Gasteiger charge is 2.24. The highest BCUT2D eigenvalue weighted by atomic mass is 16.2. The molecule has 0 spiro atoms. The topological polar surface area (TPSA) is 125 Å². The van der Waals surface area contributed by atoms with Crippen LogP contribution in [-0.4, -0.2) is 4.57 Å². The molecule has 0 fully saturated rings. The van der Waals surface area contributed by atoms with Crippen LogP contribution in [0.3, 0.4) is 0 Å². The lowest BCUT2D eigenvalue weighted by atomic mass is 9.97. The van der Waals surface area contributed by atoms with E-state index in [0.717, 1.165) is 4.57 Å². The van der Waals surface area contributed by atoms with Gasteiger partial charge in [-0.05, 0) is 6.42 Å². The number of anilines is 2. The SMILES string of the molecule is CCCn1c(=O)c2c(N)c3c(=O)c4ccccc4c(=O)c3c(N)c2c1=O. The van der Waals surface area contributed by atoms with Crippen molar-refractivity contribution in [2.45, 2.75) is 19.9 Å². The van der Waals surface area contributed by atoms with Gasteiger partial charge in [0, 0.05) is 17.3 Å². The normalized spacial score (nSPS) is 11.7. The number of rotatable bonds is 2. The molecule has 4 rings (SSSR count). The van der Waals surface area contributed by atoms with Crippen molar-refractivity contribution in [3.8, 4) is 0 Å². The molecule has 130 valence electrons. The van der Waals surface area contributed by atoms with Crippen molar-refractivity contribution in [1.29, 1.82) is 0 Å². The molecule has 26 heavy (non-hydrogen) atoms. The van der Waals surface area contributed by atoms with Gasteiger partial charge >= 0.3 is 0 Å². The van der Waals surface area contributed by atoms with E-state index in [4.69, 9.17) is 11.5 Å². The highest BCUT2D eigenvalue weighted by molar-refractivity contribution is 6.20. The first-order valence-electron chi connectivity index (χ1n) is 8.19. The largest absolute Gasteiger partial charge is 0.397 e. The van der Waals surface area contributed by atoms with Gasteiger partial charge in [0.05, 0.1) is 32.9 Å². The van der Waals surface area contributed by atoms with Crippen LogP contribution in [0.2, 0.25) is 0 Å². The van der Waals surface area contributed by atoms with Crippen molar-refractivity contribution in [2.24, 2.45) is 0 Å². The number of nitrogens with two attached hydrogens (primary N) is 2. The van der Waals surface area contributed by atoms with E-state index < -0.39 is 22.0 Å². The van der Waals surface area contributed by atoms with Crippen molar-refractivity contribution in [1.82, 2.24) is 4.57 Å². The molecule has 0 aliphatic rings. The quantitative estimate of drug-likeness (QED) is 0.314. The Morgan fingerprint density at radius 1 is 0.769 bits per heavy atom. The van der Waals surface area contributed by atoms with Gasteiger partial charge in [0.25, 0.3) is 11.1 Å². The van der Waals surface area contributed by atoms with Crippen LogP contribution in [0.4, 0.5) is 11.4 Å². The first-order valence-corrected chi connectivity index (χ1v) is 8.19. The van der Waals surface area contributed by atoms with E-state index in [1.54, 1.807) is 12.1 Å². The Morgan fingerprint density at radius 2 is 1.19 bits per heavy atom. The van der Waals surface area contributed by atoms with E-state index in [9.17, 15) is 19.2 Å². The Balaban J connectivity index is 2.44. The number of nitrogens with zero attached hydrogens (tertiary/aromatic N) is 1. The molecule has 0 unspecified atom stereocenters. The third kappa shape index (κ3) is 1.77. The fraction of sp³-hybridized carbons (Fsp3) is 0.158. The van der Waals surface area contributed by atoms with Gasteiger partial charge in [-0.1, -0.05) is 31.2 Å². The van der Waals surface area contributed by atoms with Crippen molar-refractivity contribution in [2.75, 3.05) is 11.5 Å². The minimum Gasteiger partial charge on any atom is -0.397 e. The Hall–Kier alpha value is -3.48. The summed E-state index contributed by atoms with van der Waals surface area (Å²) in [5, 5.41) is 0.0610. The molecule has 0 aliphatic carbocycles. The molecular weight excluding hydrogens is 334 g/mol. The lowest BCUT2D eigenvalue weighted by Crippen LogP contribution is -2.25. The summed E-state index contributed by atoms with van der Waals surface area (Å²) in [7, 11) is 0. The third-order valence-corrected chi connectivity index (χ3v) is 4.81. The van der Waals surface area contributed by atoms with Crippen LogP contribution >= 0.6 is 0 Å². The highest BCUT2D eigenvalue weighted by Crippen LogP contribution is 2.31. The fourth-order valence-corrected chi connectivity index (χ4v) is 3.64. The van der Waals surface area contributed by atoms with E-state index in [2.05, 4.69) is 0 Å². The maximum Gasteiger partial charge on any atom is 0.263 e. The summed E-state index contributed by atoms with van der Waals surface area (Å²) in [5.41, 5.74) is 9.80. The van der Waals surface area contributed by atoms with Gasteiger partial charge in [0.2, 0.25) is 0 Å².